The van der Waals surface area contributed by atoms with Gasteiger partial charge in [-0.05, 0) is 64.1 Å². The van der Waals surface area contributed by atoms with Gasteiger partial charge < -0.3 is 14.8 Å². The van der Waals surface area contributed by atoms with E-state index in [0.29, 0.717) is 13.0 Å². The van der Waals surface area contributed by atoms with Gasteiger partial charge in [0, 0.05) is 35.5 Å². The zero-order valence-corrected chi connectivity index (χ0v) is 18.7. The summed E-state index contributed by atoms with van der Waals surface area (Å²) in [5, 5.41) is 7.60. The molecular formula is C24H31FN4O3. The Labute approximate surface area is 187 Å². The Morgan fingerprint density at radius 1 is 1.25 bits per heavy atom. The van der Waals surface area contributed by atoms with Gasteiger partial charge in [0.25, 0.3) is 0 Å². The summed E-state index contributed by atoms with van der Waals surface area (Å²) in [5.41, 5.74) is 3.75. The average Bonchev–Trinajstić information content (AvgIpc) is 3.25. The highest BCUT2D eigenvalue weighted by Crippen LogP contribution is 2.45. The summed E-state index contributed by atoms with van der Waals surface area (Å²) in [6.07, 6.45) is 8.25. The molecular weight excluding hydrogens is 411 g/mol. The van der Waals surface area contributed by atoms with Crippen LogP contribution in [0.5, 0.6) is 5.75 Å². The first-order chi connectivity index (χ1) is 15.6. The molecule has 1 amide bonds. The van der Waals surface area contributed by atoms with E-state index < -0.39 is 6.17 Å². The van der Waals surface area contributed by atoms with E-state index in [4.69, 9.17) is 9.47 Å². The van der Waals surface area contributed by atoms with Crippen molar-refractivity contribution < 1.29 is 18.7 Å². The number of halogens is 1. The molecule has 0 bridgehead atoms. The molecule has 1 aliphatic carbocycles. The van der Waals surface area contributed by atoms with Crippen LogP contribution < -0.4 is 15.0 Å². The quantitative estimate of drug-likeness (QED) is 0.766. The number of amides is 1. The predicted molar refractivity (Wildman–Crippen MR) is 120 cm³/mol. The van der Waals surface area contributed by atoms with Gasteiger partial charge in [-0.25, -0.2) is 9.18 Å². The van der Waals surface area contributed by atoms with Gasteiger partial charge in [0.15, 0.2) is 0 Å². The third-order valence-electron chi connectivity index (χ3n) is 7.08. The maximum absolute atomic E-state index is 14.5. The minimum absolute atomic E-state index is 0.0569. The Hall–Kier alpha value is -2.61. The van der Waals surface area contributed by atoms with Crippen molar-refractivity contribution in [2.75, 3.05) is 25.1 Å². The molecule has 1 saturated heterocycles. The van der Waals surface area contributed by atoms with Crippen molar-refractivity contribution in [2.24, 2.45) is 0 Å². The molecule has 3 atom stereocenters. The van der Waals surface area contributed by atoms with Gasteiger partial charge in [-0.2, -0.15) is 5.10 Å². The Bertz CT molecular complexity index is 990. The van der Waals surface area contributed by atoms with Crippen LogP contribution in [0.2, 0.25) is 0 Å². The molecule has 0 radical (unpaired) electrons. The predicted octanol–water partition coefficient (Wildman–Crippen LogP) is 4.26. The molecule has 3 heterocycles. The molecule has 0 unspecified atom stereocenters. The van der Waals surface area contributed by atoms with Gasteiger partial charge in [-0.3, -0.25) is 9.58 Å². The number of nitrogens with one attached hydrogen (secondary N) is 1. The Morgan fingerprint density at radius 3 is 2.81 bits per heavy atom. The number of anilines is 1. The van der Waals surface area contributed by atoms with Gasteiger partial charge in [-0.15, -0.1) is 0 Å². The van der Waals surface area contributed by atoms with E-state index >= 15 is 0 Å². The van der Waals surface area contributed by atoms with Crippen molar-refractivity contribution in [1.29, 1.82) is 0 Å². The van der Waals surface area contributed by atoms with Crippen LogP contribution in [0.3, 0.4) is 0 Å². The Kier molecular flexibility index (Phi) is 5.80. The van der Waals surface area contributed by atoms with Crippen LogP contribution in [0.25, 0.3) is 11.1 Å². The van der Waals surface area contributed by atoms with Crippen molar-refractivity contribution in [3.8, 4) is 16.9 Å². The number of carbonyl (C=O) groups excluding carboxylic acids is 1. The lowest BCUT2D eigenvalue weighted by Gasteiger charge is -2.37. The number of benzene rings is 1. The average molecular weight is 443 g/mol. The summed E-state index contributed by atoms with van der Waals surface area (Å²) in [6, 6.07) is 3.78. The molecule has 172 valence electrons. The molecule has 1 N–H and O–H groups in total. The molecule has 1 saturated carbocycles. The fourth-order valence-corrected chi connectivity index (χ4v) is 4.96. The molecule has 2 fully saturated rings. The van der Waals surface area contributed by atoms with Crippen molar-refractivity contribution in [3.63, 3.8) is 0 Å². The second kappa shape index (κ2) is 8.73. The van der Waals surface area contributed by atoms with Crippen molar-refractivity contribution in [3.05, 3.63) is 30.1 Å². The van der Waals surface area contributed by atoms with Crippen LogP contribution in [0.15, 0.2) is 24.5 Å². The first-order valence-corrected chi connectivity index (χ1v) is 11.7. The van der Waals surface area contributed by atoms with E-state index in [2.05, 4.69) is 10.4 Å². The molecule has 1 aromatic carbocycles. The topological polar surface area (TPSA) is 68.6 Å². The summed E-state index contributed by atoms with van der Waals surface area (Å²) in [7, 11) is 1.41. The summed E-state index contributed by atoms with van der Waals surface area (Å²) in [6.45, 7) is 3.18. The van der Waals surface area contributed by atoms with Crippen molar-refractivity contribution in [2.45, 2.75) is 69.8 Å². The number of ether oxygens (including phenoxy) is 2. The normalized spacial score (nSPS) is 25.7. The third kappa shape index (κ3) is 3.74. The Morgan fingerprint density at radius 2 is 2.09 bits per heavy atom. The summed E-state index contributed by atoms with van der Waals surface area (Å²) >= 11 is 0. The summed E-state index contributed by atoms with van der Waals surface area (Å²) < 4.78 is 27.8. The van der Waals surface area contributed by atoms with Gasteiger partial charge in [0.2, 0.25) is 0 Å². The maximum Gasteiger partial charge on any atom is 0.414 e. The van der Waals surface area contributed by atoms with E-state index in [1.54, 1.807) is 15.8 Å². The summed E-state index contributed by atoms with van der Waals surface area (Å²) in [4.78, 5) is 14.2. The number of hydrogen-bond donors (Lipinski definition) is 1. The SMILES string of the molecule is COC(=O)N1c2ccc(-c3cnn([C@@H]4CCNC[C@@H]4F)c3)c(OC3CCC3)c2CC[C@@H]1C. The van der Waals surface area contributed by atoms with E-state index in [-0.39, 0.29) is 24.3 Å². The lowest BCUT2D eigenvalue weighted by Crippen LogP contribution is -2.42. The molecule has 1 aromatic heterocycles. The zero-order chi connectivity index (χ0) is 22.2. The van der Waals surface area contributed by atoms with Crippen molar-refractivity contribution >= 4 is 11.8 Å². The van der Waals surface area contributed by atoms with Gasteiger partial charge in [-0.1, -0.05) is 0 Å². The molecule has 7 nitrogen and oxygen atoms in total. The second-order valence-electron chi connectivity index (χ2n) is 9.12. The lowest BCUT2D eigenvalue weighted by molar-refractivity contribution is 0.119. The number of fused-ring (bicyclic) bond motifs is 1. The van der Waals surface area contributed by atoms with Crippen molar-refractivity contribution in [1.82, 2.24) is 15.1 Å². The highest BCUT2D eigenvalue weighted by atomic mass is 19.1. The fourth-order valence-electron chi connectivity index (χ4n) is 4.96. The monoisotopic (exact) mass is 442 g/mol. The van der Waals surface area contributed by atoms with Crippen LogP contribution in [0.1, 0.15) is 50.6 Å². The highest BCUT2D eigenvalue weighted by Gasteiger charge is 2.34. The van der Waals surface area contributed by atoms with Gasteiger partial charge >= 0.3 is 6.09 Å². The first kappa shape index (κ1) is 21.2. The largest absolute Gasteiger partial charge is 0.489 e. The maximum atomic E-state index is 14.5. The molecule has 32 heavy (non-hydrogen) atoms. The van der Waals surface area contributed by atoms with E-state index in [9.17, 15) is 9.18 Å². The first-order valence-electron chi connectivity index (χ1n) is 11.7. The number of piperidine rings is 1. The van der Waals surface area contributed by atoms with Gasteiger partial charge in [0.05, 0.1) is 31.1 Å². The number of hydrogen-bond acceptors (Lipinski definition) is 5. The van der Waals surface area contributed by atoms with Crippen LogP contribution in [0.4, 0.5) is 14.9 Å². The molecule has 5 rings (SSSR count). The molecule has 2 aliphatic heterocycles. The standard InChI is InChI=1S/C24H31FN4O3/c1-15-6-7-19-21(29(15)24(30)31-2)9-8-18(23(19)32-17-4-3-5-17)16-12-27-28(14-16)22-10-11-26-13-20(22)25/h8-9,12,14-15,17,20,22,26H,3-7,10-11,13H2,1-2H3/t15-,20-,22+/m0/s1. The summed E-state index contributed by atoms with van der Waals surface area (Å²) in [5.74, 6) is 0.828. The van der Waals surface area contributed by atoms with E-state index in [1.807, 2.05) is 25.3 Å². The molecule has 3 aliphatic rings. The minimum atomic E-state index is -0.958. The fraction of sp³-hybridized carbons (Fsp3) is 0.583. The number of aromatic nitrogens is 2. The smallest absolute Gasteiger partial charge is 0.414 e. The van der Waals surface area contributed by atoms with E-state index in [1.165, 1.54) is 13.5 Å². The number of alkyl halides is 1. The number of methoxy groups -OCH3 is 1. The zero-order valence-electron chi connectivity index (χ0n) is 18.7. The molecule has 0 spiro atoms. The van der Waals surface area contributed by atoms with Crippen LogP contribution in [-0.2, 0) is 11.2 Å². The number of nitrogens with zero attached hydrogens (tertiary/aromatic N) is 3. The van der Waals surface area contributed by atoms with E-state index in [0.717, 1.165) is 60.4 Å². The number of rotatable bonds is 4. The number of carbonyl (C=O) groups is 1. The van der Waals surface area contributed by atoms with Crippen LogP contribution in [0, 0.1) is 0 Å². The molecule has 2 aromatic rings. The minimum Gasteiger partial charge on any atom is -0.489 e. The Balaban J connectivity index is 1.55. The third-order valence-corrected chi connectivity index (χ3v) is 7.08. The second-order valence-corrected chi connectivity index (χ2v) is 9.12. The molecule has 8 heteroatoms. The van der Waals surface area contributed by atoms with Crippen LogP contribution in [-0.4, -0.2) is 54.4 Å². The van der Waals surface area contributed by atoms with Gasteiger partial charge in [0.1, 0.15) is 11.9 Å². The van der Waals surface area contributed by atoms with Crippen LogP contribution >= 0.6 is 0 Å². The highest BCUT2D eigenvalue weighted by molar-refractivity contribution is 5.92. The lowest BCUT2D eigenvalue weighted by atomic mass is 9.91.